The third-order valence-corrected chi connectivity index (χ3v) is 6.89. The summed E-state index contributed by atoms with van der Waals surface area (Å²) >= 11 is 3.63. The van der Waals surface area contributed by atoms with E-state index in [-0.39, 0.29) is 5.69 Å². The Kier molecular flexibility index (Phi) is 6.90. The molecular weight excluding hydrogens is 518 g/mol. The van der Waals surface area contributed by atoms with Crippen molar-refractivity contribution >= 4 is 15.9 Å². The third-order valence-electron chi connectivity index (χ3n) is 6.25. The average Bonchev–Trinajstić information content (AvgIpc) is 3.53. The SMILES string of the molecule is CCCCc1cn(-c2c(C)cccc2Br)c(=O)n1Cc1ccc(-c2ccccc2-c2nn[nH]n2)cn1. The number of tetrazole rings is 1. The molecular formula is C27H26BrN7O. The summed E-state index contributed by atoms with van der Waals surface area (Å²) in [7, 11) is 0. The topological polar surface area (TPSA) is 94.3 Å². The van der Waals surface area contributed by atoms with Gasteiger partial charge in [-0.15, -0.1) is 10.2 Å². The van der Waals surface area contributed by atoms with Gasteiger partial charge in [0.15, 0.2) is 0 Å². The summed E-state index contributed by atoms with van der Waals surface area (Å²) in [5.74, 6) is 0.533. The number of halogens is 1. The molecule has 3 aromatic heterocycles. The highest BCUT2D eigenvalue weighted by atomic mass is 79.9. The highest BCUT2D eigenvalue weighted by Gasteiger charge is 2.17. The molecule has 1 N–H and O–H groups in total. The van der Waals surface area contributed by atoms with Gasteiger partial charge in [-0.3, -0.25) is 14.1 Å². The molecule has 2 aromatic carbocycles. The van der Waals surface area contributed by atoms with E-state index in [1.165, 1.54) is 0 Å². The Labute approximate surface area is 217 Å². The molecule has 0 amide bonds. The summed E-state index contributed by atoms with van der Waals surface area (Å²) in [6.07, 6.45) is 6.71. The highest BCUT2D eigenvalue weighted by molar-refractivity contribution is 9.10. The van der Waals surface area contributed by atoms with Crippen molar-refractivity contribution in [1.29, 1.82) is 0 Å². The van der Waals surface area contributed by atoms with E-state index in [0.717, 1.165) is 63.1 Å². The summed E-state index contributed by atoms with van der Waals surface area (Å²) in [5, 5.41) is 14.4. The number of rotatable bonds is 8. The number of hydrogen-bond acceptors (Lipinski definition) is 5. The van der Waals surface area contributed by atoms with Gasteiger partial charge in [0.05, 0.1) is 17.9 Å². The van der Waals surface area contributed by atoms with Crippen LogP contribution < -0.4 is 5.69 Å². The molecule has 0 spiro atoms. The van der Waals surface area contributed by atoms with Crippen LogP contribution in [0.5, 0.6) is 0 Å². The Balaban J connectivity index is 1.49. The van der Waals surface area contributed by atoms with Crippen molar-refractivity contribution in [3.63, 3.8) is 0 Å². The van der Waals surface area contributed by atoms with Gasteiger partial charge < -0.3 is 0 Å². The molecule has 3 heterocycles. The second kappa shape index (κ2) is 10.4. The molecule has 0 aliphatic rings. The molecule has 9 heteroatoms. The number of nitrogens with zero attached hydrogens (tertiary/aromatic N) is 6. The molecule has 0 atom stereocenters. The summed E-state index contributed by atoms with van der Waals surface area (Å²) in [6, 6.07) is 17.8. The van der Waals surface area contributed by atoms with Crippen LogP contribution >= 0.6 is 15.9 Å². The molecule has 182 valence electrons. The molecule has 5 rings (SSSR count). The summed E-state index contributed by atoms with van der Waals surface area (Å²) < 4.78 is 4.48. The summed E-state index contributed by atoms with van der Waals surface area (Å²) in [5.41, 5.74) is 6.45. The van der Waals surface area contributed by atoms with E-state index in [1.54, 1.807) is 4.57 Å². The maximum Gasteiger partial charge on any atom is 0.333 e. The minimum Gasteiger partial charge on any atom is -0.290 e. The fourth-order valence-corrected chi connectivity index (χ4v) is 5.04. The van der Waals surface area contributed by atoms with Crippen molar-refractivity contribution in [2.45, 2.75) is 39.7 Å². The van der Waals surface area contributed by atoms with Crippen LogP contribution in [0.1, 0.15) is 36.7 Å². The van der Waals surface area contributed by atoms with Gasteiger partial charge in [0.1, 0.15) is 0 Å². The van der Waals surface area contributed by atoms with Crippen LogP contribution in [0.25, 0.3) is 28.2 Å². The van der Waals surface area contributed by atoms with Crippen molar-refractivity contribution < 1.29 is 0 Å². The molecule has 0 radical (unpaired) electrons. The van der Waals surface area contributed by atoms with Gasteiger partial charge in [-0.05, 0) is 64.2 Å². The molecule has 0 bridgehead atoms. The van der Waals surface area contributed by atoms with E-state index in [1.807, 2.05) is 78.5 Å². The zero-order valence-corrected chi connectivity index (χ0v) is 21.7. The first-order chi connectivity index (χ1) is 17.6. The van der Waals surface area contributed by atoms with E-state index in [2.05, 4.69) is 43.5 Å². The maximum atomic E-state index is 13.6. The van der Waals surface area contributed by atoms with Gasteiger partial charge in [0.25, 0.3) is 0 Å². The van der Waals surface area contributed by atoms with Crippen LogP contribution in [0.2, 0.25) is 0 Å². The summed E-state index contributed by atoms with van der Waals surface area (Å²) in [6.45, 7) is 4.58. The molecule has 0 unspecified atom stereocenters. The van der Waals surface area contributed by atoms with Gasteiger partial charge in [-0.1, -0.05) is 55.8 Å². The predicted molar refractivity (Wildman–Crippen MR) is 143 cm³/mol. The minimum atomic E-state index is -0.0653. The van der Waals surface area contributed by atoms with Gasteiger partial charge in [0.2, 0.25) is 5.82 Å². The Hall–Kier alpha value is -3.85. The lowest BCUT2D eigenvalue weighted by atomic mass is 10.0. The summed E-state index contributed by atoms with van der Waals surface area (Å²) in [4.78, 5) is 18.3. The fourth-order valence-electron chi connectivity index (χ4n) is 4.39. The molecule has 0 aliphatic carbocycles. The van der Waals surface area contributed by atoms with Gasteiger partial charge >= 0.3 is 5.69 Å². The molecule has 8 nitrogen and oxygen atoms in total. The number of nitrogens with one attached hydrogen (secondary N) is 1. The van der Waals surface area contributed by atoms with Gasteiger partial charge in [-0.25, -0.2) is 4.79 Å². The Morgan fingerprint density at radius 3 is 2.56 bits per heavy atom. The minimum absolute atomic E-state index is 0.0653. The molecule has 0 saturated carbocycles. The number of hydrogen-bond donors (Lipinski definition) is 1. The number of aryl methyl sites for hydroxylation is 2. The largest absolute Gasteiger partial charge is 0.333 e. The van der Waals surface area contributed by atoms with Crippen molar-refractivity contribution in [2.75, 3.05) is 0 Å². The zero-order valence-electron chi connectivity index (χ0n) is 20.1. The fraction of sp³-hybridized carbons (Fsp3) is 0.222. The standard InChI is InChI=1S/C27H26BrN7O/c1-3-4-9-21-17-35(25-18(2)8-7-12-24(25)28)27(36)34(21)16-20-14-13-19(15-29-20)22-10-5-6-11-23(22)26-30-32-33-31-26/h5-8,10-15,17H,3-4,9,16H2,1-2H3,(H,30,31,32,33). The maximum absolute atomic E-state index is 13.6. The van der Waals surface area contributed by atoms with E-state index < -0.39 is 0 Å². The lowest BCUT2D eigenvalue weighted by molar-refractivity contribution is 0.664. The Morgan fingerprint density at radius 1 is 1.03 bits per heavy atom. The third kappa shape index (κ3) is 4.66. The Morgan fingerprint density at radius 2 is 1.86 bits per heavy atom. The molecule has 0 saturated heterocycles. The molecule has 5 aromatic rings. The second-order valence-corrected chi connectivity index (χ2v) is 9.54. The lowest BCUT2D eigenvalue weighted by Crippen LogP contribution is -2.25. The van der Waals surface area contributed by atoms with E-state index >= 15 is 0 Å². The molecule has 0 aliphatic heterocycles. The first-order valence-electron chi connectivity index (χ1n) is 11.9. The van der Waals surface area contributed by atoms with Crippen LogP contribution in [-0.4, -0.2) is 34.7 Å². The van der Waals surface area contributed by atoms with Crippen molar-refractivity contribution in [3.05, 3.63) is 98.9 Å². The van der Waals surface area contributed by atoms with Gasteiger partial charge in [-0.2, -0.15) is 5.21 Å². The lowest BCUT2D eigenvalue weighted by Gasteiger charge is -2.10. The number of aromatic nitrogens is 7. The number of H-pyrrole nitrogens is 1. The number of para-hydroxylation sites is 1. The number of benzene rings is 2. The number of aromatic amines is 1. The first-order valence-corrected chi connectivity index (χ1v) is 12.7. The van der Waals surface area contributed by atoms with E-state index in [0.29, 0.717) is 12.4 Å². The van der Waals surface area contributed by atoms with E-state index in [9.17, 15) is 4.79 Å². The van der Waals surface area contributed by atoms with Crippen molar-refractivity contribution in [1.82, 2.24) is 34.7 Å². The Bertz CT molecular complexity index is 1520. The normalized spacial score (nSPS) is 11.2. The smallest absolute Gasteiger partial charge is 0.290 e. The quantitative estimate of drug-likeness (QED) is 0.285. The van der Waals surface area contributed by atoms with Crippen LogP contribution in [0, 0.1) is 6.92 Å². The number of pyridine rings is 1. The number of unbranched alkanes of at least 4 members (excludes halogenated alkanes) is 1. The highest BCUT2D eigenvalue weighted by Crippen LogP contribution is 2.29. The number of imidazole rings is 1. The van der Waals surface area contributed by atoms with Crippen LogP contribution in [0.3, 0.4) is 0 Å². The van der Waals surface area contributed by atoms with Crippen molar-refractivity contribution in [2.24, 2.45) is 0 Å². The first kappa shape index (κ1) is 23.9. The average molecular weight is 544 g/mol. The van der Waals surface area contributed by atoms with E-state index in [4.69, 9.17) is 4.98 Å². The molecule has 0 fully saturated rings. The molecule has 36 heavy (non-hydrogen) atoms. The second-order valence-electron chi connectivity index (χ2n) is 8.69. The zero-order chi connectivity index (χ0) is 25.1. The van der Waals surface area contributed by atoms with Crippen LogP contribution in [0.4, 0.5) is 0 Å². The van der Waals surface area contributed by atoms with Gasteiger partial charge in [0, 0.05) is 33.7 Å². The van der Waals surface area contributed by atoms with Crippen LogP contribution in [-0.2, 0) is 13.0 Å². The van der Waals surface area contributed by atoms with Crippen LogP contribution in [0.15, 0.2) is 76.3 Å². The van der Waals surface area contributed by atoms with Crippen molar-refractivity contribution in [3.8, 4) is 28.2 Å². The predicted octanol–water partition coefficient (Wildman–Crippen LogP) is 5.34. The monoisotopic (exact) mass is 543 g/mol.